The van der Waals surface area contributed by atoms with Crippen molar-refractivity contribution in [3.63, 3.8) is 0 Å². The van der Waals surface area contributed by atoms with Crippen LogP contribution in [0.2, 0.25) is 0 Å². The molecule has 0 spiro atoms. The van der Waals surface area contributed by atoms with Crippen molar-refractivity contribution < 1.29 is 29.3 Å². The summed E-state index contributed by atoms with van der Waals surface area (Å²) in [7, 11) is 5.19. The van der Waals surface area contributed by atoms with Gasteiger partial charge in [0.15, 0.2) is 5.82 Å². The fourth-order valence-corrected chi connectivity index (χ4v) is 6.40. The van der Waals surface area contributed by atoms with Gasteiger partial charge < -0.3 is 35.1 Å². The summed E-state index contributed by atoms with van der Waals surface area (Å²) < 4.78 is 7.05. The maximum absolute atomic E-state index is 13.2. The van der Waals surface area contributed by atoms with Gasteiger partial charge in [0.05, 0.1) is 31.1 Å². The van der Waals surface area contributed by atoms with Crippen LogP contribution >= 0.6 is 0 Å². The molecule has 0 saturated heterocycles. The number of fused-ring (bicyclic) bond motifs is 4. The Labute approximate surface area is 314 Å². The predicted molar refractivity (Wildman–Crippen MR) is 211 cm³/mol. The molecule has 0 aliphatic rings. The van der Waals surface area contributed by atoms with Gasteiger partial charge in [0.1, 0.15) is 22.7 Å². The number of phenols is 1. The number of likely N-dealkylation sites (N-methyl/N-ethyl adjacent to an activating group) is 1. The number of benzene rings is 4. The maximum Gasteiger partial charge on any atom is 0.339 e. The van der Waals surface area contributed by atoms with Gasteiger partial charge in [-0.2, -0.15) is 0 Å². The second kappa shape index (κ2) is 18.2. The second-order valence-electron chi connectivity index (χ2n) is 13.5. The number of nitrogens with zero attached hydrogens (tertiary/aromatic N) is 5. The predicted octanol–water partition coefficient (Wildman–Crippen LogP) is 6.45. The van der Waals surface area contributed by atoms with Crippen LogP contribution in [0.1, 0.15) is 53.5 Å². The number of hydrogen-bond acceptors (Lipinski definition) is 9. The van der Waals surface area contributed by atoms with Crippen LogP contribution in [-0.2, 0) is 40.3 Å². The number of ether oxygens (including phenoxy) is 1. The highest BCUT2D eigenvalue weighted by atomic mass is 16.5. The van der Waals surface area contributed by atoms with E-state index in [2.05, 4.69) is 22.5 Å². The highest BCUT2D eigenvalue weighted by Gasteiger charge is 2.19. The van der Waals surface area contributed by atoms with Crippen molar-refractivity contribution in [1.29, 1.82) is 0 Å². The molecular weight excluding hydrogens is 684 g/mol. The van der Waals surface area contributed by atoms with Crippen molar-refractivity contribution >= 4 is 56.4 Å². The van der Waals surface area contributed by atoms with Crippen molar-refractivity contribution in [3.8, 4) is 5.75 Å². The zero-order valence-corrected chi connectivity index (χ0v) is 31.3. The fraction of sp³-hybridized carbons (Fsp3) is 0.310. The molecule has 6 aromatic rings. The van der Waals surface area contributed by atoms with Crippen molar-refractivity contribution in [2.45, 2.75) is 52.1 Å². The third kappa shape index (κ3) is 9.50. The third-order valence-electron chi connectivity index (χ3n) is 9.16. The standard InChI is InChI=1S/C31H40N6O3.C11H8O3/c1-5-6-12-26-34-29-30(24-10-7-8-11-25(24)33-31(29)32)37(26)18-9-17-36(27(38)21-35(2)3)20-23-15-13-22(14-16-23)19-28(39)40-4;12-10-8-4-2-1-3-7(8)5-6-9(10)11(13)14/h7-8,10-11,13-16H,5-6,9,12,17-21H2,1-4H3,(H2,32,33);1-6,12H,(H,13,14). The lowest BCUT2D eigenvalue weighted by Crippen LogP contribution is -2.38. The SMILES string of the molecule is CCCCc1nc2c(N)nc3ccccc3c2n1CCCN(Cc1ccc(CC(=O)OC)cc1)C(=O)CN(C)C.O=C(O)c1ccc2ccccc2c1O. The third-order valence-corrected chi connectivity index (χ3v) is 9.16. The first-order valence-corrected chi connectivity index (χ1v) is 18.0. The highest BCUT2D eigenvalue weighted by Crippen LogP contribution is 2.30. The Morgan fingerprint density at radius 1 is 0.870 bits per heavy atom. The molecule has 0 unspecified atom stereocenters. The number of carboxylic acid groups (broad SMARTS) is 1. The molecule has 1 amide bonds. The number of aromatic hydroxyl groups is 1. The number of amides is 1. The van der Waals surface area contributed by atoms with E-state index >= 15 is 0 Å². The van der Waals surface area contributed by atoms with E-state index in [0.717, 1.165) is 70.0 Å². The molecule has 0 fully saturated rings. The first-order chi connectivity index (χ1) is 26.0. The van der Waals surface area contributed by atoms with Crippen LogP contribution < -0.4 is 5.73 Å². The van der Waals surface area contributed by atoms with Crippen LogP contribution in [0.4, 0.5) is 5.82 Å². The van der Waals surface area contributed by atoms with Gasteiger partial charge >= 0.3 is 11.9 Å². The lowest BCUT2D eigenvalue weighted by atomic mass is 10.1. The lowest BCUT2D eigenvalue weighted by Gasteiger charge is -2.25. The number of nitrogens with two attached hydrogens (primary N) is 1. The Morgan fingerprint density at radius 3 is 2.24 bits per heavy atom. The van der Waals surface area contributed by atoms with Crippen molar-refractivity contribution in [2.75, 3.05) is 40.0 Å². The van der Waals surface area contributed by atoms with Gasteiger partial charge in [-0.15, -0.1) is 0 Å². The smallest absolute Gasteiger partial charge is 0.339 e. The van der Waals surface area contributed by atoms with Crippen LogP contribution in [0.25, 0.3) is 32.7 Å². The Balaban J connectivity index is 0.000000333. The molecule has 54 heavy (non-hydrogen) atoms. The summed E-state index contributed by atoms with van der Waals surface area (Å²) in [4.78, 5) is 48.9. The molecule has 0 radical (unpaired) electrons. The molecule has 0 atom stereocenters. The van der Waals surface area contributed by atoms with Gasteiger partial charge in [0, 0.05) is 36.8 Å². The van der Waals surface area contributed by atoms with Crippen molar-refractivity contribution in [1.82, 2.24) is 24.3 Å². The summed E-state index contributed by atoms with van der Waals surface area (Å²) in [5.41, 5.74) is 10.8. The number of unbranched alkanes of at least 4 members (excludes halogenated alkanes) is 1. The number of aromatic nitrogens is 3. The van der Waals surface area contributed by atoms with E-state index in [0.29, 0.717) is 37.4 Å². The molecule has 0 bridgehead atoms. The number of hydrogen-bond donors (Lipinski definition) is 3. The van der Waals surface area contributed by atoms with Crippen LogP contribution in [-0.4, -0.2) is 86.7 Å². The van der Waals surface area contributed by atoms with Gasteiger partial charge in [0.25, 0.3) is 0 Å². The van der Waals surface area contributed by atoms with Gasteiger partial charge in [-0.3, -0.25) is 9.59 Å². The summed E-state index contributed by atoms with van der Waals surface area (Å²) in [5, 5.41) is 20.8. The van der Waals surface area contributed by atoms with Crippen molar-refractivity contribution in [3.05, 3.63) is 107 Å². The number of esters is 1. The number of rotatable bonds is 14. The highest BCUT2D eigenvalue weighted by molar-refractivity contribution is 6.06. The summed E-state index contributed by atoms with van der Waals surface area (Å²) in [6.45, 7) is 4.32. The van der Waals surface area contributed by atoms with E-state index in [9.17, 15) is 19.5 Å². The molecule has 4 N–H and O–H groups in total. The molecule has 4 aromatic carbocycles. The molecule has 282 valence electrons. The Morgan fingerprint density at radius 2 is 1.56 bits per heavy atom. The molecule has 0 aliphatic carbocycles. The molecular formula is C42H48N6O6. The van der Waals surface area contributed by atoms with Gasteiger partial charge in [-0.25, -0.2) is 14.8 Å². The van der Waals surface area contributed by atoms with Crippen LogP contribution in [0.3, 0.4) is 0 Å². The minimum Gasteiger partial charge on any atom is -0.506 e. The van der Waals surface area contributed by atoms with E-state index in [1.54, 1.807) is 18.2 Å². The normalized spacial score (nSPS) is 11.1. The van der Waals surface area contributed by atoms with Crippen molar-refractivity contribution in [2.24, 2.45) is 0 Å². The fourth-order valence-electron chi connectivity index (χ4n) is 6.40. The zero-order chi connectivity index (χ0) is 38.8. The number of nitrogen functional groups attached to an aromatic ring is 1. The van der Waals surface area contributed by atoms with Crippen LogP contribution in [0, 0.1) is 0 Å². The van der Waals surface area contributed by atoms with Crippen LogP contribution in [0.15, 0.2) is 84.9 Å². The van der Waals surface area contributed by atoms with Gasteiger partial charge in [-0.1, -0.05) is 86.1 Å². The average Bonchev–Trinajstić information content (AvgIpc) is 3.53. The van der Waals surface area contributed by atoms with E-state index in [1.807, 2.05) is 78.5 Å². The molecule has 12 nitrogen and oxygen atoms in total. The minimum absolute atomic E-state index is 0.0660. The van der Waals surface area contributed by atoms with E-state index in [4.69, 9.17) is 20.6 Å². The monoisotopic (exact) mass is 732 g/mol. The first kappa shape index (κ1) is 39.2. The Hall–Kier alpha value is -6.01. The Kier molecular flexibility index (Phi) is 13.2. The quantitative estimate of drug-likeness (QED) is 0.106. The number of imidazole rings is 1. The molecule has 2 aromatic heterocycles. The minimum atomic E-state index is -1.12. The average molecular weight is 733 g/mol. The van der Waals surface area contributed by atoms with Gasteiger partial charge in [0.2, 0.25) is 5.91 Å². The molecule has 2 heterocycles. The first-order valence-electron chi connectivity index (χ1n) is 18.0. The number of para-hydroxylation sites is 1. The maximum atomic E-state index is 13.2. The number of methoxy groups -OCH3 is 1. The number of aromatic carboxylic acids is 1. The van der Waals surface area contributed by atoms with E-state index in [-0.39, 0.29) is 29.6 Å². The topological polar surface area (TPSA) is 164 Å². The Bertz CT molecular complexity index is 2250. The van der Waals surface area contributed by atoms with E-state index in [1.165, 1.54) is 13.2 Å². The molecule has 0 saturated carbocycles. The van der Waals surface area contributed by atoms with Crippen LogP contribution in [0.5, 0.6) is 5.75 Å². The summed E-state index contributed by atoms with van der Waals surface area (Å²) >= 11 is 0. The number of carbonyl (C=O) groups is 3. The second-order valence-corrected chi connectivity index (χ2v) is 13.5. The van der Waals surface area contributed by atoms with Gasteiger partial charge in [-0.05, 0) is 55.6 Å². The number of carboxylic acids is 1. The summed E-state index contributed by atoms with van der Waals surface area (Å²) in [6.07, 6.45) is 3.96. The molecule has 6 rings (SSSR count). The number of pyridine rings is 1. The zero-order valence-electron chi connectivity index (χ0n) is 31.3. The number of carbonyl (C=O) groups excluding carboxylic acids is 2. The number of anilines is 1. The largest absolute Gasteiger partial charge is 0.506 e. The van der Waals surface area contributed by atoms with E-state index < -0.39 is 5.97 Å². The molecule has 12 heteroatoms. The molecule has 0 aliphatic heterocycles. The summed E-state index contributed by atoms with van der Waals surface area (Å²) in [6, 6.07) is 26.0. The number of aryl methyl sites for hydroxylation is 2. The lowest BCUT2D eigenvalue weighted by molar-refractivity contribution is -0.139. The summed E-state index contributed by atoms with van der Waals surface area (Å²) in [5.74, 6) is -0.0306.